The molecule has 0 N–H and O–H groups in total. The third kappa shape index (κ3) is 2.37. The fourth-order valence-corrected chi connectivity index (χ4v) is 2.26. The van der Waals surface area contributed by atoms with Crippen LogP contribution in [0.5, 0.6) is 0 Å². The molecule has 0 atom stereocenters. The summed E-state index contributed by atoms with van der Waals surface area (Å²) in [6.07, 6.45) is 1.44. The maximum atomic E-state index is 9.35. The molecule has 0 saturated heterocycles. The number of rotatable bonds is 2. The molecular formula is C15H10ClN5. The van der Waals surface area contributed by atoms with Crippen LogP contribution in [0.3, 0.4) is 0 Å². The number of nitriles is 1. The first-order chi connectivity index (χ1) is 10.2. The van der Waals surface area contributed by atoms with Gasteiger partial charge in [-0.15, -0.1) is 0 Å². The third-order valence-electron chi connectivity index (χ3n) is 2.99. The molecule has 5 nitrogen and oxygen atoms in total. The molecule has 3 rings (SSSR count). The van der Waals surface area contributed by atoms with E-state index in [0.717, 1.165) is 11.3 Å². The van der Waals surface area contributed by atoms with Crippen molar-refractivity contribution in [2.45, 2.75) is 6.92 Å². The van der Waals surface area contributed by atoms with Crippen molar-refractivity contribution in [1.29, 1.82) is 5.26 Å². The standard InChI is InChI=1S/C15H10ClN5/c1-10-7-13(19-9-18-10)21-15(16)12(8-17)14(20-21)11-5-3-2-4-6-11/h2-7,9H,1H3. The molecule has 0 bridgehead atoms. The van der Waals surface area contributed by atoms with Crippen LogP contribution in [0.1, 0.15) is 11.3 Å². The summed E-state index contributed by atoms with van der Waals surface area (Å²) in [5, 5.41) is 14.0. The van der Waals surface area contributed by atoms with Crippen LogP contribution in [0.4, 0.5) is 0 Å². The Hall–Kier alpha value is -2.71. The molecule has 102 valence electrons. The van der Waals surface area contributed by atoms with Crippen molar-refractivity contribution in [3.05, 3.63) is 59.1 Å². The zero-order valence-corrected chi connectivity index (χ0v) is 11.9. The molecule has 0 saturated carbocycles. The summed E-state index contributed by atoms with van der Waals surface area (Å²) in [5.41, 5.74) is 2.50. The van der Waals surface area contributed by atoms with Gasteiger partial charge in [-0.3, -0.25) is 0 Å². The lowest BCUT2D eigenvalue weighted by Crippen LogP contribution is -2.01. The highest BCUT2D eigenvalue weighted by molar-refractivity contribution is 6.31. The normalized spacial score (nSPS) is 10.3. The highest BCUT2D eigenvalue weighted by atomic mass is 35.5. The van der Waals surface area contributed by atoms with Crippen molar-refractivity contribution >= 4 is 11.6 Å². The highest BCUT2D eigenvalue weighted by Gasteiger charge is 2.19. The number of benzene rings is 1. The lowest BCUT2D eigenvalue weighted by Gasteiger charge is -2.01. The van der Waals surface area contributed by atoms with E-state index in [-0.39, 0.29) is 5.15 Å². The number of hydrogen-bond donors (Lipinski definition) is 0. The average Bonchev–Trinajstić information content (AvgIpc) is 2.85. The minimum atomic E-state index is 0.245. The molecule has 2 heterocycles. The second kappa shape index (κ2) is 5.35. The average molecular weight is 296 g/mol. The van der Waals surface area contributed by atoms with Crippen molar-refractivity contribution < 1.29 is 0 Å². The summed E-state index contributed by atoms with van der Waals surface area (Å²) in [6.45, 7) is 1.85. The molecule has 0 radical (unpaired) electrons. The SMILES string of the molecule is Cc1cc(-n2nc(-c3ccccc3)c(C#N)c2Cl)ncn1. The topological polar surface area (TPSA) is 67.4 Å². The lowest BCUT2D eigenvalue weighted by molar-refractivity contribution is 0.838. The molecule has 0 aliphatic rings. The van der Waals surface area contributed by atoms with Crippen molar-refractivity contribution in [2.24, 2.45) is 0 Å². The molecule has 3 aromatic rings. The van der Waals surface area contributed by atoms with Crippen molar-refractivity contribution in [3.8, 4) is 23.1 Å². The van der Waals surface area contributed by atoms with Crippen LogP contribution < -0.4 is 0 Å². The maximum Gasteiger partial charge on any atom is 0.158 e. The van der Waals surface area contributed by atoms with Crippen LogP contribution in [-0.4, -0.2) is 19.7 Å². The van der Waals surface area contributed by atoms with Crippen LogP contribution in [0.25, 0.3) is 17.1 Å². The van der Waals surface area contributed by atoms with Gasteiger partial charge in [0, 0.05) is 17.3 Å². The molecule has 1 aromatic carbocycles. The van der Waals surface area contributed by atoms with Crippen molar-refractivity contribution in [3.63, 3.8) is 0 Å². The van der Waals surface area contributed by atoms with Gasteiger partial charge in [-0.2, -0.15) is 10.4 Å². The summed E-state index contributed by atoms with van der Waals surface area (Å²) in [7, 11) is 0. The smallest absolute Gasteiger partial charge is 0.158 e. The molecule has 0 spiro atoms. The van der Waals surface area contributed by atoms with E-state index in [0.29, 0.717) is 17.1 Å². The third-order valence-corrected chi connectivity index (χ3v) is 3.34. The maximum absolute atomic E-state index is 9.35. The monoisotopic (exact) mass is 295 g/mol. The summed E-state index contributed by atoms with van der Waals surface area (Å²) >= 11 is 6.28. The molecule has 0 fully saturated rings. The number of nitrogens with zero attached hydrogens (tertiary/aromatic N) is 5. The Morgan fingerprint density at radius 2 is 1.95 bits per heavy atom. The fourth-order valence-electron chi connectivity index (χ4n) is 2.00. The Balaban J connectivity index is 2.21. The molecule has 0 unspecified atom stereocenters. The van der Waals surface area contributed by atoms with E-state index in [4.69, 9.17) is 11.6 Å². The van der Waals surface area contributed by atoms with Crippen LogP contribution >= 0.6 is 11.6 Å². The number of aryl methyl sites for hydroxylation is 1. The molecule has 6 heteroatoms. The molecule has 0 amide bonds. The minimum Gasteiger partial charge on any atom is -0.242 e. The van der Waals surface area contributed by atoms with Gasteiger partial charge < -0.3 is 0 Å². The first kappa shape index (κ1) is 13.3. The first-order valence-corrected chi connectivity index (χ1v) is 6.61. The van der Waals surface area contributed by atoms with Gasteiger partial charge in [0.2, 0.25) is 0 Å². The quantitative estimate of drug-likeness (QED) is 0.728. The van der Waals surface area contributed by atoms with Gasteiger partial charge in [0.05, 0.1) is 0 Å². The Kier molecular flexibility index (Phi) is 3.38. The van der Waals surface area contributed by atoms with E-state index < -0.39 is 0 Å². The predicted molar refractivity (Wildman–Crippen MR) is 79.1 cm³/mol. The summed E-state index contributed by atoms with van der Waals surface area (Å²) in [4.78, 5) is 8.19. The Labute approximate surface area is 126 Å². The zero-order chi connectivity index (χ0) is 14.8. The Morgan fingerprint density at radius 3 is 2.62 bits per heavy atom. The Morgan fingerprint density at radius 1 is 1.19 bits per heavy atom. The summed E-state index contributed by atoms with van der Waals surface area (Å²) < 4.78 is 1.46. The molecule has 0 aliphatic heterocycles. The van der Waals surface area contributed by atoms with Gasteiger partial charge in [-0.25, -0.2) is 14.6 Å². The van der Waals surface area contributed by atoms with Gasteiger partial charge in [-0.05, 0) is 6.92 Å². The van der Waals surface area contributed by atoms with Gasteiger partial charge in [0.1, 0.15) is 23.7 Å². The molecule has 21 heavy (non-hydrogen) atoms. The van der Waals surface area contributed by atoms with Gasteiger partial charge in [-0.1, -0.05) is 41.9 Å². The van der Waals surface area contributed by atoms with E-state index in [1.807, 2.05) is 37.3 Å². The largest absolute Gasteiger partial charge is 0.242 e. The molecule has 0 aliphatic carbocycles. The lowest BCUT2D eigenvalue weighted by atomic mass is 10.1. The first-order valence-electron chi connectivity index (χ1n) is 6.24. The van der Waals surface area contributed by atoms with E-state index in [9.17, 15) is 5.26 Å². The minimum absolute atomic E-state index is 0.245. The van der Waals surface area contributed by atoms with Crippen LogP contribution in [0, 0.1) is 18.3 Å². The molecular weight excluding hydrogens is 286 g/mol. The van der Waals surface area contributed by atoms with Gasteiger partial charge in [0.15, 0.2) is 11.0 Å². The number of aromatic nitrogens is 4. The summed E-state index contributed by atoms with van der Waals surface area (Å²) in [6, 6.07) is 13.3. The second-order valence-electron chi connectivity index (χ2n) is 4.42. The number of hydrogen-bond acceptors (Lipinski definition) is 4. The van der Waals surface area contributed by atoms with E-state index in [1.165, 1.54) is 11.0 Å². The van der Waals surface area contributed by atoms with Crippen molar-refractivity contribution in [1.82, 2.24) is 19.7 Å². The molecule has 2 aromatic heterocycles. The number of halogens is 1. The van der Waals surface area contributed by atoms with E-state index >= 15 is 0 Å². The van der Waals surface area contributed by atoms with E-state index in [1.54, 1.807) is 6.07 Å². The van der Waals surface area contributed by atoms with Crippen LogP contribution in [-0.2, 0) is 0 Å². The van der Waals surface area contributed by atoms with Gasteiger partial charge >= 0.3 is 0 Å². The second-order valence-corrected chi connectivity index (χ2v) is 4.78. The Bertz CT molecular complexity index is 833. The fraction of sp³-hybridized carbons (Fsp3) is 0.0667. The highest BCUT2D eigenvalue weighted by Crippen LogP contribution is 2.29. The van der Waals surface area contributed by atoms with Gasteiger partial charge in [0.25, 0.3) is 0 Å². The summed E-state index contributed by atoms with van der Waals surface area (Å²) in [5.74, 6) is 0.534. The van der Waals surface area contributed by atoms with Crippen LogP contribution in [0.15, 0.2) is 42.7 Å². The van der Waals surface area contributed by atoms with Crippen molar-refractivity contribution in [2.75, 3.05) is 0 Å². The van der Waals surface area contributed by atoms with E-state index in [2.05, 4.69) is 21.1 Å². The zero-order valence-electron chi connectivity index (χ0n) is 11.2. The van der Waals surface area contributed by atoms with Crippen LogP contribution in [0.2, 0.25) is 5.15 Å². The predicted octanol–water partition coefficient (Wildman–Crippen LogP) is 3.16.